The lowest BCUT2D eigenvalue weighted by Gasteiger charge is -2.35. The minimum atomic E-state index is 0.0542. The van der Waals surface area contributed by atoms with E-state index in [1.54, 1.807) is 18.7 Å². The summed E-state index contributed by atoms with van der Waals surface area (Å²) in [5.41, 5.74) is 3.30. The normalized spacial score (nSPS) is 18.0. The molecule has 4 rings (SSSR count). The molecule has 0 radical (unpaired) electrons. The highest BCUT2D eigenvalue weighted by Gasteiger charge is 2.23. The third kappa shape index (κ3) is 5.30. The number of hydrogen-bond acceptors (Lipinski definition) is 7. The van der Waals surface area contributed by atoms with Crippen LogP contribution in [0.5, 0.6) is 11.5 Å². The molecule has 0 bridgehead atoms. The van der Waals surface area contributed by atoms with Crippen molar-refractivity contribution in [2.24, 2.45) is 0 Å². The second-order valence-electron chi connectivity index (χ2n) is 7.82. The second kappa shape index (κ2) is 10.2. The van der Waals surface area contributed by atoms with Gasteiger partial charge in [0, 0.05) is 50.2 Å². The van der Waals surface area contributed by atoms with Crippen molar-refractivity contribution in [3.63, 3.8) is 0 Å². The fraction of sp³-hybridized carbons (Fsp3) is 0.545. The van der Waals surface area contributed by atoms with Crippen LogP contribution in [0.25, 0.3) is 0 Å². The van der Waals surface area contributed by atoms with E-state index in [-0.39, 0.29) is 5.91 Å². The zero-order valence-corrected chi connectivity index (χ0v) is 18.4. The topological polar surface area (TPSA) is 58.1 Å². The Kier molecular flexibility index (Phi) is 7.20. The van der Waals surface area contributed by atoms with Crippen molar-refractivity contribution in [3.05, 3.63) is 40.3 Å². The van der Waals surface area contributed by atoms with Crippen molar-refractivity contribution < 1.29 is 14.3 Å². The van der Waals surface area contributed by atoms with Gasteiger partial charge in [0.15, 0.2) is 11.5 Å². The maximum absolute atomic E-state index is 13.0. The average Bonchev–Trinajstić information content (AvgIpc) is 3.50. The lowest BCUT2D eigenvalue weighted by molar-refractivity contribution is 0.0626. The second-order valence-corrected chi connectivity index (χ2v) is 8.54. The number of rotatable bonds is 8. The molecule has 7 nitrogen and oxygen atoms in total. The number of likely N-dealkylation sites (tertiary alicyclic amines) is 1. The molecule has 8 heteroatoms. The van der Waals surface area contributed by atoms with Crippen LogP contribution in [0.15, 0.2) is 29.1 Å². The first-order valence-electron chi connectivity index (χ1n) is 10.6. The third-order valence-corrected chi connectivity index (χ3v) is 6.50. The van der Waals surface area contributed by atoms with Crippen LogP contribution in [0.2, 0.25) is 0 Å². The van der Waals surface area contributed by atoms with Crippen molar-refractivity contribution in [2.75, 3.05) is 59.5 Å². The van der Waals surface area contributed by atoms with Crippen LogP contribution < -0.4 is 9.47 Å². The van der Waals surface area contributed by atoms with Gasteiger partial charge in [-0.05, 0) is 44.1 Å². The van der Waals surface area contributed by atoms with Crippen LogP contribution in [0, 0.1) is 0 Å². The molecule has 0 N–H and O–H groups in total. The molecule has 2 saturated heterocycles. The summed E-state index contributed by atoms with van der Waals surface area (Å²) >= 11 is 1.54. The number of benzene rings is 1. The van der Waals surface area contributed by atoms with Crippen molar-refractivity contribution in [3.8, 4) is 11.5 Å². The van der Waals surface area contributed by atoms with Crippen LogP contribution in [0.3, 0.4) is 0 Å². The van der Waals surface area contributed by atoms with Crippen LogP contribution >= 0.6 is 11.3 Å². The number of methoxy groups -OCH3 is 1. The number of ether oxygens (including phenoxy) is 2. The lowest BCUT2D eigenvalue weighted by Crippen LogP contribution is -2.50. The summed E-state index contributed by atoms with van der Waals surface area (Å²) in [6.07, 6.45) is 2.67. The fourth-order valence-corrected chi connectivity index (χ4v) is 4.57. The van der Waals surface area contributed by atoms with E-state index in [9.17, 15) is 4.79 Å². The summed E-state index contributed by atoms with van der Waals surface area (Å²) in [6, 6.07) is 5.41. The smallest absolute Gasteiger partial charge is 0.254 e. The van der Waals surface area contributed by atoms with E-state index in [2.05, 4.69) is 14.8 Å². The first-order valence-corrected chi connectivity index (χ1v) is 11.6. The molecule has 1 amide bonds. The molecule has 0 unspecified atom stereocenters. The zero-order chi connectivity index (χ0) is 20.8. The molecule has 1 aromatic carbocycles. The number of hydrogen-bond donors (Lipinski definition) is 0. The fourth-order valence-electron chi connectivity index (χ4n) is 4.03. The molecule has 2 fully saturated rings. The number of piperazine rings is 1. The Labute approximate surface area is 182 Å². The summed E-state index contributed by atoms with van der Waals surface area (Å²) < 4.78 is 11.3. The molecule has 30 heavy (non-hydrogen) atoms. The van der Waals surface area contributed by atoms with Gasteiger partial charge >= 0.3 is 0 Å². The first-order chi connectivity index (χ1) is 14.7. The van der Waals surface area contributed by atoms with Crippen LogP contribution in [0.4, 0.5) is 0 Å². The number of carbonyl (C=O) groups is 1. The molecular weight excluding hydrogens is 400 g/mol. The molecular formula is C22H30N4O3S. The van der Waals surface area contributed by atoms with Crippen molar-refractivity contribution in [1.82, 2.24) is 19.7 Å². The van der Waals surface area contributed by atoms with Gasteiger partial charge in [-0.2, -0.15) is 0 Å². The lowest BCUT2D eigenvalue weighted by atomic mass is 10.1. The Morgan fingerprint density at radius 3 is 2.43 bits per heavy atom. The molecule has 162 valence electrons. The van der Waals surface area contributed by atoms with Gasteiger partial charge in [-0.3, -0.25) is 9.69 Å². The first kappa shape index (κ1) is 21.1. The number of amides is 1. The Hall–Kier alpha value is -2.16. The van der Waals surface area contributed by atoms with E-state index < -0.39 is 0 Å². The summed E-state index contributed by atoms with van der Waals surface area (Å²) in [7, 11) is 1.60. The van der Waals surface area contributed by atoms with Gasteiger partial charge in [-0.15, -0.1) is 11.3 Å². The highest BCUT2D eigenvalue weighted by molar-refractivity contribution is 7.07. The van der Waals surface area contributed by atoms with Gasteiger partial charge in [-0.1, -0.05) is 0 Å². The highest BCUT2D eigenvalue weighted by atomic mass is 32.1. The van der Waals surface area contributed by atoms with E-state index in [1.807, 2.05) is 22.4 Å². The molecule has 0 atom stereocenters. The SMILES string of the molecule is COc1cc(C(=O)N2CCN(CCN3CCCC3)CC2)ccc1OCc1cscn1. The zero-order valence-electron chi connectivity index (χ0n) is 17.6. The Morgan fingerprint density at radius 2 is 1.77 bits per heavy atom. The molecule has 0 spiro atoms. The summed E-state index contributed by atoms with van der Waals surface area (Å²) in [6.45, 7) is 8.51. The molecule has 2 aliphatic rings. The Morgan fingerprint density at radius 1 is 1.03 bits per heavy atom. The van der Waals surface area contributed by atoms with E-state index in [1.165, 1.54) is 37.3 Å². The van der Waals surface area contributed by atoms with Crippen LogP contribution in [0.1, 0.15) is 28.9 Å². The minimum Gasteiger partial charge on any atom is -0.493 e. The third-order valence-electron chi connectivity index (χ3n) is 5.86. The molecule has 3 heterocycles. The van der Waals surface area contributed by atoms with Gasteiger partial charge in [0.1, 0.15) is 6.61 Å². The minimum absolute atomic E-state index is 0.0542. The number of carbonyl (C=O) groups excluding carboxylic acids is 1. The molecule has 1 aromatic heterocycles. The molecule has 0 saturated carbocycles. The number of thiazole rings is 1. The quantitative estimate of drug-likeness (QED) is 0.642. The maximum Gasteiger partial charge on any atom is 0.254 e. The predicted octanol–water partition coefficient (Wildman–Crippen LogP) is 2.58. The number of nitrogens with zero attached hydrogens (tertiary/aromatic N) is 4. The van der Waals surface area contributed by atoms with Crippen LogP contribution in [-0.4, -0.2) is 85.1 Å². The van der Waals surface area contributed by atoms with Crippen molar-refractivity contribution >= 4 is 17.2 Å². The standard InChI is InChI=1S/C22H30N4O3S/c1-28-21-14-18(4-5-20(21)29-15-19-16-30-17-23-19)22(27)26-12-10-25(11-13-26)9-8-24-6-2-3-7-24/h4-5,14,16-17H,2-3,6-13,15H2,1H3. The van der Waals surface area contributed by atoms with E-state index in [4.69, 9.17) is 9.47 Å². The van der Waals surface area contributed by atoms with Gasteiger partial charge in [0.05, 0.1) is 18.3 Å². The summed E-state index contributed by atoms with van der Waals surface area (Å²) in [5, 5.41) is 1.95. The number of aromatic nitrogens is 1. The van der Waals surface area contributed by atoms with Gasteiger partial charge < -0.3 is 19.3 Å². The summed E-state index contributed by atoms with van der Waals surface area (Å²) in [4.78, 5) is 24.2. The maximum atomic E-state index is 13.0. The molecule has 0 aliphatic carbocycles. The van der Waals surface area contributed by atoms with Gasteiger partial charge in [0.25, 0.3) is 5.91 Å². The van der Waals surface area contributed by atoms with Crippen LogP contribution in [-0.2, 0) is 6.61 Å². The largest absolute Gasteiger partial charge is 0.493 e. The van der Waals surface area contributed by atoms with E-state index in [0.717, 1.165) is 45.0 Å². The van der Waals surface area contributed by atoms with E-state index >= 15 is 0 Å². The highest BCUT2D eigenvalue weighted by Crippen LogP contribution is 2.29. The van der Waals surface area contributed by atoms with Gasteiger partial charge in [0.2, 0.25) is 0 Å². The van der Waals surface area contributed by atoms with E-state index in [0.29, 0.717) is 23.7 Å². The molecule has 2 aliphatic heterocycles. The van der Waals surface area contributed by atoms with Gasteiger partial charge in [-0.25, -0.2) is 4.98 Å². The van der Waals surface area contributed by atoms with Crippen molar-refractivity contribution in [2.45, 2.75) is 19.4 Å². The van der Waals surface area contributed by atoms with Crippen molar-refractivity contribution in [1.29, 1.82) is 0 Å². The Balaban J connectivity index is 1.29. The Bertz CT molecular complexity index is 816. The predicted molar refractivity (Wildman–Crippen MR) is 117 cm³/mol. The monoisotopic (exact) mass is 430 g/mol. The molecule has 2 aromatic rings. The summed E-state index contributed by atoms with van der Waals surface area (Å²) in [5.74, 6) is 1.24. The average molecular weight is 431 g/mol.